The van der Waals surface area contributed by atoms with E-state index in [-0.39, 0.29) is 17.4 Å². The van der Waals surface area contributed by atoms with E-state index < -0.39 is 12.1 Å². The number of methoxy groups -OCH3 is 1. The molecule has 1 aliphatic heterocycles. The molecule has 1 saturated heterocycles. The molecule has 1 aromatic carbocycles. The number of hydrogen-bond acceptors (Lipinski definition) is 4. The van der Waals surface area contributed by atoms with E-state index in [1.807, 2.05) is 6.92 Å². The molecular weight excluding hydrogens is 238 g/mol. The molecule has 0 unspecified atom stereocenters. The summed E-state index contributed by atoms with van der Waals surface area (Å²) >= 11 is 0. The predicted octanol–water partition coefficient (Wildman–Crippen LogP) is 1.74. The summed E-state index contributed by atoms with van der Waals surface area (Å²) in [6, 6.07) is 4.41. The van der Waals surface area contributed by atoms with Gasteiger partial charge in [0, 0.05) is 6.07 Å². The number of carboxylic acids is 1. The van der Waals surface area contributed by atoms with Crippen LogP contribution in [0.5, 0.6) is 5.75 Å². The van der Waals surface area contributed by atoms with Gasteiger partial charge >= 0.3 is 12.1 Å². The van der Waals surface area contributed by atoms with Crippen molar-refractivity contribution in [1.82, 2.24) is 0 Å². The molecule has 96 valence electrons. The third kappa shape index (κ3) is 1.97. The molecule has 1 aromatic rings. The highest BCUT2D eigenvalue weighted by Gasteiger charge is 2.31. The number of cyclic esters (lactones) is 1. The molecule has 0 radical (unpaired) electrons. The van der Waals surface area contributed by atoms with Crippen LogP contribution in [-0.4, -0.2) is 36.9 Å². The molecule has 0 aromatic heterocycles. The van der Waals surface area contributed by atoms with Gasteiger partial charge in [-0.1, -0.05) is 0 Å². The molecule has 0 spiro atoms. The Morgan fingerprint density at radius 2 is 2.28 bits per heavy atom. The van der Waals surface area contributed by atoms with Gasteiger partial charge in [0.25, 0.3) is 0 Å². The number of aromatic carboxylic acids is 1. The minimum atomic E-state index is -1.07. The Balaban J connectivity index is 2.41. The van der Waals surface area contributed by atoms with E-state index in [0.29, 0.717) is 12.3 Å². The van der Waals surface area contributed by atoms with Crippen LogP contribution < -0.4 is 9.64 Å². The smallest absolute Gasteiger partial charge is 0.414 e. The Morgan fingerprint density at radius 1 is 1.56 bits per heavy atom. The summed E-state index contributed by atoms with van der Waals surface area (Å²) in [4.78, 5) is 24.0. The lowest BCUT2D eigenvalue weighted by atomic mass is 10.1. The van der Waals surface area contributed by atoms with Gasteiger partial charge in [-0.15, -0.1) is 0 Å². The molecule has 6 nitrogen and oxygen atoms in total. The Labute approximate surface area is 104 Å². The van der Waals surface area contributed by atoms with Crippen molar-refractivity contribution < 1.29 is 24.2 Å². The monoisotopic (exact) mass is 251 g/mol. The van der Waals surface area contributed by atoms with Crippen LogP contribution in [0.2, 0.25) is 0 Å². The van der Waals surface area contributed by atoms with Crippen LogP contribution in [0.3, 0.4) is 0 Å². The fraction of sp³-hybridized carbons (Fsp3) is 0.333. The maximum Gasteiger partial charge on any atom is 0.414 e. The summed E-state index contributed by atoms with van der Waals surface area (Å²) in [5.74, 6) is -0.859. The fourth-order valence-electron chi connectivity index (χ4n) is 1.88. The van der Waals surface area contributed by atoms with E-state index >= 15 is 0 Å². The fourth-order valence-corrected chi connectivity index (χ4v) is 1.88. The summed E-state index contributed by atoms with van der Waals surface area (Å²) < 4.78 is 9.93. The largest absolute Gasteiger partial charge is 0.496 e. The number of ether oxygens (including phenoxy) is 2. The Bertz CT molecular complexity index is 499. The number of carboxylic acid groups (broad SMARTS) is 1. The molecule has 1 heterocycles. The van der Waals surface area contributed by atoms with Crippen molar-refractivity contribution in [2.24, 2.45) is 0 Å². The van der Waals surface area contributed by atoms with Crippen LogP contribution in [0.15, 0.2) is 18.2 Å². The molecule has 0 bridgehead atoms. The second kappa shape index (κ2) is 4.56. The quantitative estimate of drug-likeness (QED) is 0.885. The molecule has 18 heavy (non-hydrogen) atoms. The first-order valence-corrected chi connectivity index (χ1v) is 5.42. The molecule has 1 atom stereocenters. The van der Waals surface area contributed by atoms with Crippen molar-refractivity contribution >= 4 is 17.7 Å². The van der Waals surface area contributed by atoms with E-state index in [0.717, 1.165) is 0 Å². The van der Waals surface area contributed by atoms with E-state index in [1.165, 1.54) is 24.1 Å². The highest BCUT2D eigenvalue weighted by Crippen LogP contribution is 2.29. The van der Waals surface area contributed by atoms with Gasteiger partial charge in [-0.3, -0.25) is 4.90 Å². The second-order valence-corrected chi connectivity index (χ2v) is 3.99. The average molecular weight is 251 g/mol. The molecule has 1 N–H and O–H groups in total. The first-order valence-electron chi connectivity index (χ1n) is 5.42. The zero-order chi connectivity index (χ0) is 13.3. The Morgan fingerprint density at radius 3 is 2.78 bits per heavy atom. The van der Waals surface area contributed by atoms with E-state index in [4.69, 9.17) is 14.6 Å². The maximum absolute atomic E-state index is 11.6. The van der Waals surface area contributed by atoms with Gasteiger partial charge in [0.2, 0.25) is 0 Å². The van der Waals surface area contributed by atoms with Crippen LogP contribution in [-0.2, 0) is 4.74 Å². The van der Waals surface area contributed by atoms with Gasteiger partial charge in [-0.25, -0.2) is 9.59 Å². The van der Waals surface area contributed by atoms with Gasteiger partial charge in [-0.05, 0) is 19.1 Å². The standard InChI is InChI=1S/C12H13NO5/c1-7-6-18-12(16)13(7)8-3-4-9(11(14)15)10(5-8)17-2/h3-5,7H,6H2,1-2H3,(H,14,15)/t7-/m1/s1. The summed E-state index contributed by atoms with van der Waals surface area (Å²) in [7, 11) is 1.39. The molecule has 0 aliphatic carbocycles. The number of nitrogens with zero attached hydrogens (tertiary/aromatic N) is 1. The highest BCUT2D eigenvalue weighted by atomic mass is 16.6. The maximum atomic E-state index is 11.6. The number of anilines is 1. The summed E-state index contributed by atoms with van der Waals surface area (Å²) in [5.41, 5.74) is 0.619. The Kier molecular flexibility index (Phi) is 3.10. The number of amides is 1. The summed E-state index contributed by atoms with van der Waals surface area (Å²) in [6.07, 6.45) is -0.437. The molecule has 6 heteroatoms. The van der Waals surface area contributed by atoms with Gasteiger partial charge in [-0.2, -0.15) is 0 Å². The third-order valence-corrected chi connectivity index (χ3v) is 2.78. The van der Waals surface area contributed by atoms with Gasteiger partial charge in [0.1, 0.15) is 17.9 Å². The van der Waals surface area contributed by atoms with Crippen molar-refractivity contribution in [3.63, 3.8) is 0 Å². The van der Waals surface area contributed by atoms with Crippen molar-refractivity contribution in [3.8, 4) is 5.75 Å². The topological polar surface area (TPSA) is 76.1 Å². The second-order valence-electron chi connectivity index (χ2n) is 3.99. The summed E-state index contributed by atoms with van der Waals surface area (Å²) in [5, 5.41) is 8.97. The van der Waals surface area contributed by atoms with Crippen molar-refractivity contribution in [2.45, 2.75) is 13.0 Å². The number of benzene rings is 1. The third-order valence-electron chi connectivity index (χ3n) is 2.78. The molecule has 1 aliphatic rings. The SMILES string of the molecule is COc1cc(N2C(=O)OC[C@H]2C)ccc1C(=O)O. The minimum absolute atomic E-state index is 0.0569. The zero-order valence-electron chi connectivity index (χ0n) is 10.0. The number of carbonyl (C=O) groups excluding carboxylic acids is 1. The normalized spacial score (nSPS) is 18.7. The minimum Gasteiger partial charge on any atom is -0.496 e. The van der Waals surface area contributed by atoms with Crippen LogP contribution in [0.25, 0.3) is 0 Å². The van der Waals surface area contributed by atoms with Crippen molar-refractivity contribution in [1.29, 1.82) is 0 Å². The number of rotatable bonds is 3. The lowest BCUT2D eigenvalue weighted by molar-refractivity contribution is 0.0693. The van der Waals surface area contributed by atoms with Gasteiger partial charge in [0.15, 0.2) is 0 Å². The molecule has 1 amide bonds. The van der Waals surface area contributed by atoms with Gasteiger partial charge in [0.05, 0.1) is 18.8 Å². The lowest BCUT2D eigenvalue weighted by Crippen LogP contribution is -2.30. The molecule has 0 saturated carbocycles. The number of carbonyl (C=O) groups is 2. The average Bonchev–Trinajstić information content (AvgIpc) is 2.68. The van der Waals surface area contributed by atoms with Crippen LogP contribution in [0, 0.1) is 0 Å². The van der Waals surface area contributed by atoms with Crippen LogP contribution in [0.4, 0.5) is 10.5 Å². The molecule has 2 rings (SSSR count). The molecule has 1 fully saturated rings. The van der Waals surface area contributed by atoms with Crippen LogP contribution in [0.1, 0.15) is 17.3 Å². The zero-order valence-corrected chi connectivity index (χ0v) is 10.0. The van der Waals surface area contributed by atoms with Crippen molar-refractivity contribution in [3.05, 3.63) is 23.8 Å². The predicted molar refractivity (Wildman–Crippen MR) is 63.2 cm³/mol. The summed E-state index contributed by atoms with van der Waals surface area (Å²) in [6.45, 7) is 2.17. The van der Waals surface area contributed by atoms with Crippen LogP contribution >= 0.6 is 0 Å². The van der Waals surface area contributed by atoms with E-state index in [2.05, 4.69) is 0 Å². The Hall–Kier alpha value is -2.24. The van der Waals surface area contributed by atoms with Crippen molar-refractivity contribution in [2.75, 3.05) is 18.6 Å². The highest BCUT2D eigenvalue weighted by molar-refractivity contribution is 5.94. The first kappa shape index (κ1) is 12.2. The van der Waals surface area contributed by atoms with Gasteiger partial charge < -0.3 is 14.6 Å². The lowest BCUT2D eigenvalue weighted by Gasteiger charge is -2.19. The van der Waals surface area contributed by atoms with E-state index in [9.17, 15) is 9.59 Å². The molecular formula is C12H13NO5. The number of hydrogen-bond donors (Lipinski definition) is 1. The van der Waals surface area contributed by atoms with E-state index in [1.54, 1.807) is 6.07 Å². The first-order chi connectivity index (χ1) is 8.54.